The molecule has 7 heteroatoms. The summed E-state index contributed by atoms with van der Waals surface area (Å²) >= 11 is 0. The van der Waals surface area contributed by atoms with Gasteiger partial charge in [0.05, 0.1) is 5.41 Å². The predicted molar refractivity (Wildman–Crippen MR) is 108 cm³/mol. The molecule has 152 valence electrons. The highest BCUT2D eigenvalue weighted by Crippen LogP contribution is 2.37. The number of primary amides is 1. The smallest absolute Gasteiger partial charge is 0.251 e. The summed E-state index contributed by atoms with van der Waals surface area (Å²) in [4.78, 5) is 35.5. The van der Waals surface area contributed by atoms with E-state index in [1.54, 1.807) is 17.3 Å². The Bertz CT molecular complexity index is 883. The van der Waals surface area contributed by atoms with E-state index in [9.17, 15) is 9.59 Å². The number of carbonyl (C=O) groups excluding carboxylic acids is 2. The number of hydrogen-bond donors (Lipinski definition) is 1. The van der Waals surface area contributed by atoms with Crippen molar-refractivity contribution in [2.75, 3.05) is 19.7 Å². The average molecular weight is 394 g/mol. The summed E-state index contributed by atoms with van der Waals surface area (Å²) in [6.45, 7) is 1.60. The van der Waals surface area contributed by atoms with Gasteiger partial charge in [-0.15, -0.1) is 0 Å². The zero-order valence-electron chi connectivity index (χ0n) is 16.4. The third-order valence-corrected chi connectivity index (χ3v) is 6.03. The first kappa shape index (κ1) is 19.5. The summed E-state index contributed by atoms with van der Waals surface area (Å²) in [5.41, 5.74) is 8.01. The van der Waals surface area contributed by atoms with E-state index in [1.807, 2.05) is 24.3 Å². The highest BCUT2D eigenvalue weighted by Gasteiger charge is 2.44. The Morgan fingerprint density at radius 1 is 1.21 bits per heavy atom. The van der Waals surface area contributed by atoms with Crippen LogP contribution in [0.4, 0.5) is 0 Å². The second-order valence-electron chi connectivity index (χ2n) is 7.97. The molecule has 1 aromatic heterocycles. The van der Waals surface area contributed by atoms with Crippen LogP contribution in [0.25, 0.3) is 11.1 Å². The van der Waals surface area contributed by atoms with Gasteiger partial charge in [-0.05, 0) is 43.2 Å². The Morgan fingerprint density at radius 2 is 2.00 bits per heavy atom. The maximum absolute atomic E-state index is 12.9. The van der Waals surface area contributed by atoms with Gasteiger partial charge in [0.15, 0.2) is 0 Å². The fourth-order valence-corrected chi connectivity index (χ4v) is 4.49. The average Bonchev–Trinajstić information content (AvgIpc) is 3.29. The van der Waals surface area contributed by atoms with Gasteiger partial charge in [-0.3, -0.25) is 9.59 Å². The van der Waals surface area contributed by atoms with Crippen molar-refractivity contribution in [1.29, 1.82) is 0 Å². The van der Waals surface area contributed by atoms with Gasteiger partial charge in [0.25, 0.3) is 5.91 Å². The van der Waals surface area contributed by atoms with Crippen LogP contribution in [0.3, 0.4) is 0 Å². The van der Waals surface area contributed by atoms with Crippen molar-refractivity contribution in [3.8, 4) is 11.1 Å². The molecular weight excluding hydrogens is 368 g/mol. The lowest BCUT2D eigenvalue weighted by Crippen LogP contribution is -2.55. The third kappa shape index (κ3) is 4.00. The number of piperidine rings is 1. The molecule has 29 heavy (non-hydrogen) atoms. The Labute approximate surface area is 170 Å². The fraction of sp³-hybridized carbons (Fsp3) is 0.455. The van der Waals surface area contributed by atoms with Crippen molar-refractivity contribution in [1.82, 2.24) is 14.9 Å². The van der Waals surface area contributed by atoms with Gasteiger partial charge in [-0.25, -0.2) is 9.97 Å². The van der Waals surface area contributed by atoms with Gasteiger partial charge < -0.3 is 15.4 Å². The lowest BCUT2D eigenvalue weighted by molar-refractivity contribution is -0.147. The molecule has 2 N–H and O–H groups in total. The maximum atomic E-state index is 12.9. The summed E-state index contributed by atoms with van der Waals surface area (Å²) in [5.74, 6) is -0.376. The van der Waals surface area contributed by atoms with Crippen molar-refractivity contribution in [3.05, 3.63) is 48.5 Å². The summed E-state index contributed by atoms with van der Waals surface area (Å²) in [6, 6.07) is 7.92. The highest BCUT2D eigenvalue weighted by molar-refractivity contribution is 5.85. The van der Waals surface area contributed by atoms with E-state index >= 15 is 0 Å². The summed E-state index contributed by atoms with van der Waals surface area (Å²) in [5, 5.41) is 0. The van der Waals surface area contributed by atoms with Crippen molar-refractivity contribution in [3.63, 3.8) is 0 Å². The minimum atomic E-state index is -0.793. The number of ether oxygens (including phenoxy) is 1. The van der Waals surface area contributed by atoms with Gasteiger partial charge in [-0.1, -0.05) is 24.3 Å². The van der Waals surface area contributed by atoms with Gasteiger partial charge in [0.1, 0.15) is 12.4 Å². The topological polar surface area (TPSA) is 98.4 Å². The largest absolute Gasteiger partial charge is 0.369 e. The molecule has 4 rings (SSSR count). The molecule has 0 aliphatic carbocycles. The molecule has 2 saturated heterocycles. The number of carbonyl (C=O) groups is 2. The number of benzene rings is 1. The molecule has 0 radical (unpaired) electrons. The van der Waals surface area contributed by atoms with E-state index in [-0.39, 0.29) is 17.9 Å². The first-order valence-electron chi connectivity index (χ1n) is 10.1. The molecule has 3 heterocycles. The van der Waals surface area contributed by atoms with E-state index in [2.05, 4.69) is 9.97 Å². The number of amides is 2. The SMILES string of the molecule is NC(=O)[C@@]1(Cc2ccccc2-c2cncnc2)CCCN(C(=O)[C@@H]2CCCO2)C1. The molecule has 0 spiro atoms. The summed E-state index contributed by atoms with van der Waals surface area (Å²) in [6.07, 6.45) is 8.17. The normalized spacial score (nSPS) is 24.4. The number of likely N-dealkylation sites (tertiary alicyclic amines) is 1. The monoisotopic (exact) mass is 394 g/mol. The first-order valence-corrected chi connectivity index (χ1v) is 10.1. The van der Waals surface area contributed by atoms with Crippen LogP contribution in [0, 0.1) is 5.41 Å². The van der Waals surface area contributed by atoms with Gasteiger partial charge in [0.2, 0.25) is 5.91 Å². The third-order valence-electron chi connectivity index (χ3n) is 6.03. The van der Waals surface area contributed by atoms with Crippen LogP contribution < -0.4 is 5.73 Å². The van der Waals surface area contributed by atoms with Crippen molar-refractivity contribution < 1.29 is 14.3 Å². The molecule has 0 unspecified atom stereocenters. The molecule has 0 bridgehead atoms. The van der Waals surface area contributed by atoms with Crippen molar-refractivity contribution in [2.24, 2.45) is 11.1 Å². The molecule has 2 fully saturated rings. The van der Waals surface area contributed by atoms with Crippen molar-refractivity contribution in [2.45, 2.75) is 38.2 Å². The van der Waals surface area contributed by atoms with Gasteiger partial charge in [-0.2, -0.15) is 0 Å². The van der Waals surface area contributed by atoms with Crippen LogP contribution in [0.2, 0.25) is 0 Å². The lowest BCUT2D eigenvalue weighted by atomic mass is 9.73. The Hall–Kier alpha value is -2.80. The predicted octanol–water partition coefficient (Wildman–Crippen LogP) is 1.96. The number of hydrogen-bond acceptors (Lipinski definition) is 5. The molecular formula is C22H26N4O3. The van der Waals surface area contributed by atoms with E-state index < -0.39 is 5.41 Å². The number of aromatic nitrogens is 2. The van der Waals surface area contributed by atoms with E-state index in [0.717, 1.165) is 36.0 Å². The molecule has 7 nitrogen and oxygen atoms in total. The quantitative estimate of drug-likeness (QED) is 0.836. The molecule has 2 atom stereocenters. The standard InChI is InChI=1S/C22H26N4O3/c23-21(28)22(8-4-9-26(14-22)20(27)19-7-3-10-29-19)11-16-5-1-2-6-18(16)17-12-24-15-25-13-17/h1-2,5-6,12-13,15,19H,3-4,7-11,14H2,(H2,23,28)/t19-,22+/m0/s1. The Kier molecular flexibility index (Phi) is 5.58. The zero-order valence-corrected chi connectivity index (χ0v) is 16.4. The van der Waals surface area contributed by atoms with Crippen LogP contribution in [-0.4, -0.2) is 52.5 Å². The second kappa shape index (κ2) is 8.29. The minimum absolute atomic E-state index is 0.0161. The molecule has 2 amide bonds. The highest BCUT2D eigenvalue weighted by atomic mass is 16.5. The van der Waals surface area contributed by atoms with Crippen molar-refractivity contribution >= 4 is 11.8 Å². The van der Waals surface area contributed by atoms with E-state index in [0.29, 0.717) is 32.5 Å². The van der Waals surface area contributed by atoms with Crippen LogP contribution in [-0.2, 0) is 20.7 Å². The van der Waals surface area contributed by atoms with Gasteiger partial charge in [0, 0.05) is 37.7 Å². The van der Waals surface area contributed by atoms with Crippen LogP contribution in [0.5, 0.6) is 0 Å². The summed E-state index contributed by atoms with van der Waals surface area (Å²) < 4.78 is 5.57. The maximum Gasteiger partial charge on any atom is 0.251 e. The van der Waals surface area contributed by atoms with Crippen LogP contribution >= 0.6 is 0 Å². The number of rotatable bonds is 5. The molecule has 2 aliphatic rings. The second-order valence-corrected chi connectivity index (χ2v) is 7.97. The van der Waals surface area contributed by atoms with Gasteiger partial charge >= 0.3 is 0 Å². The number of nitrogens with zero attached hydrogens (tertiary/aromatic N) is 3. The lowest BCUT2D eigenvalue weighted by Gasteiger charge is -2.41. The minimum Gasteiger partial charge on any atom is -0.369 e. The van der Waals surface area contributed by atoms with E-state index in [4.69, 9.17) is 10.5 Å². The first-order chi connectivity index (χ1) is 14.1. The van der Waals surface area contributed by atoms with Crippen LogP contribution in [0.1, 0.15) is 31.2 Å². The molecule has 0 saturated carbocycles. The van der Waals surface area contributed by atoms with Crippen LogP contribution in [0.15, 0.2) is 43.0 Å². The zero-order chi connectivity index (χ0) is 20.3. The Morgan fingerprint density at radius 3 is 2.72 bits per heavy atom. The number of nitrogens with two attached hydrogens (primary N) is 1. The fourth-order valence-electron chi connectivity index (χ4n) is 4.49. The molecule has 1 aromatic carbocycles. The van der Waals surface area contributed by atoms with E-state index in [1.165, 1.54) is 6.33 Å². The molecule has 2 aromatic rings. The molecule has 2 aliphatic heterocycles. The summed E-state index contributed by atoms with van der Waals surface area (Å²) in [7, 11) is 0. The Balaban J connectivity index is 1.61.